The standard InChI is InChI=1S/C28H47N3O5S/c1-8-9-10-11-12-13-18-31(25(34)22(19-37)29-26(35)36-28(5,6)7)23(24(33)30-27(2,3)4)20-14-16-21(32)17-15-20/h14-17,22-23,32,37H,8-13,18-19H2,1-7H3,(H,29,35)(H,30,33). The average Bonchev–Trinajstić information content (AvgIpc) is 2.77. The van der Waals surface area contributed by atoms with Gasteiger partial charge in [0, 0.05) is 17.8 Å². The fraction of sp³-hybridized carbons (Fsp3) is 0.679. The number of phenolic OH excluding ortho intramolecular Hbond substituents is 1. The number of thiol groups is 1. The van der Waals surface area contributed by atoms with Gasteiger partial charge in [0.2, 0.25) is 11.8 Å². The van der Waals surface area contributed by atoms with E-state index >= 15 is 0 Å². The zero-order valence-corrected chi connectivity index (χ0v) is 24.5. The second-order valence-electron chi connectivity index (χ2n) is 11.4. The summed E-state index contributed by atoms with van der Waals surface area (Å²) in [5.41, 5.74) is -0.694. The third-order valence-electron chi connectivity index (χ3n) is 5.47. The molecule has 0 fully saturated rings. The number of carbonyl (C=O) groups excluding carboxylic acids is 3. The van der Waals surface area contributed by atoms with Gasteiger partial charge in [-0.1, -0.05) is 51.2 Å². The number of amides is 3. The Kier molecular flexibility index (Phi) is 13.3. The second kappa shape index (κ2) is 15.1. The Morgan fingerprint density at radius 3 is 2.05 bits per heavy atom. The maximum absolute atomic E-state index is 13.9. The number of nitrogens with one attached hydrogen (secondary N) is 2. The largest absolute Gasteiger partial charge is 0.508 e. The maximum Gasteiger partial charge on any atom is 0.408 e. The van der Waals surface area contributed by atoms with Crippen LogP contribution in [0.5, 0.6) is 5.75 Å². The van der Waals surface area contributed by atoms with Crippen molar-refractivity contribution in [3.8, 4) is 5.75 Å². The monoisotopic (exact) mass is 537 g/mol. The van der Waals surface area contributed by atoms with Crippen LogP contribution in [0.3, 0.4) is 0 Å². The van der Waals surface area contributed by atoms with E-state index in [2.05, 4.69) is 30.2 Å². The minimum absolute atomic E-state index is 0.0360. The van der Waals surface area contributed by atoms with Crippen LogP contribution < -0.4 is 10.6 Å². The molecular formula is C28H47N3O5S. The molecule has 0 aliphatic heterocycles. The van der Waals surface area contributed by atoms with Crippen molar-refractivity contribution in [2.75, 3.05) is 12.3 Å². The number of ether oxygens (including phenoxy) is 1. The lowest BCUT2D eigenvalue weighted by Gasteiger charge is -2.36. The molecule has 37 heavy (non-hydrogen) atoms. The van der Waals surface area contributed by atoms with E-state index in [9.17, 15) is 19.5 Å². The Morgan fingerprint density at radius 2 is 1.54 bits per heavy atom. The van der Waals surface area contributed by atoms with E-state index in [0.717, 1.165) is 32.1 Å². The third-order valence-corrected chi connectivity index (χ3v) is 5.84. The first-order valence-corrected chi connectivity index (χ1v) is 13.8. The van der Waals surface area contributed by atoms with E-state index in [1.54, 1.807) is 32.9 Å². The number of hydrogen-bond acceptors (Lipinski definition) is 6. The molecule has 3 N–H and O–H groups in total. The Hall–Kier alpha value is -2.42. The van der Waals surface area contributed by atoms with Crippen LogP contribution in [-0.4, -0.2) is 57.4 Å². The molecule has 9 heteroatoms. The predicted molar refractivity (Wildman–Crippen MR) is 151 cm³/mol. The summed E-state index contributed by atoms with van der Waals surface area (Å²) in [6.45, 7) is 13.3. The van der Waals surface area contributed by atoms with Crippen LogP contribution in [0.15, 0.2) is 24.3 Å². The van der Waals surface area contributed by atoms with E-state index in [4.69, 9.17) is 4.74 Å². The molecule has 0 aromatic heterocycles. The SMILES string of the molecule is CCCCCCCCN(C(=O)C(CS)NC(=O)OC(C)(C)C)C(C(=O)NC(C)(C)C)c1ccc(O)cc1. The summed E-state index contributed by atoms with van der Waals surface area (Å²) < 4.78 is 5.35. The van der Waals surface area contributed by atoms with Gasteiger partial charge in [-0.05, 0) is 65.7 Å². The first-order valence-electron chi connectivity index (χ1n) is 13.2. The van der Waals surface area contributed by atoms with Crippen molar-refractivity contribution in [1.82, 2.24) is 15.5 Å². The highest BCUT2D eigenvalue weighted by atomic mass is 32.1. The van der Waals surface area contributed by atoms with Gasteiger partial charge in [-0.15, -0.1) is 0 Å². The van der Waals surface area contributed by atoms with E-state index in [-0.39, 0.29) is 17.4 Å². The van der Waals surface area contributed by atoms with Gasteiger partial charge in [0.25, 0.3) is 0 Å². The molecule has 0 heterocycles. The molecule has 0 spiro atoms. The smallest absolute Gasteiger partial charge is 0.408 e. The number of phenols is 1. The molecule has 0 bridgehead atoms. The molecule has 0 aliphatic rings. The lowest BCUT2D eigenvalue weighted by Crippen LogP contribution is -2.55. The fourth-order valence-corrected chi connectivity index (χ4v) is 4.08. The van der Waals surface area contributed by atoms with Gasteiger partial charge in [-0.25, -0.2) is 4.79 Å². The van der Waals surface area contributed by atoms with Gasteiger partial charge < -0.3 is 25.4 Å². The van der Waals surface area contributed by atoms with Gasteiger partial charge in [-0.3, -0.25) is 9.59 Å². The molecule has 2 unspecified atom stereocenters. The zero-order valence-electron chi connectivity index (χ0n) is 23.6. The van der Waals surface area contributed by atoms with E-state index in [0.29, 0.717) is 18.5 Å². The number of rotatable bonds is 13. The Morgan fingerprint density at radius 1 is 0.973 bits per heavy atom. The normalized spacial score (nSPS) is 13.4. The first kappa shape index (κ1) is 32.6. The summed E-state index contributed by atoms with van der Waals surface area (Å²) in [4.78, 5) is 41.4. The molecule has 3 amide bonds. The quantitative estimate of drug-likeness (QED) is 0.200. The maximum atomic E-state index is 13.9. The van der Waals surface area contributed by atoms with Crippen LogP contribution in [-0.2, 0) is 14.3 Å². The van der Waals surface area contributed by atoms with E-state index < -0.39 is 35.2 Å². The molecule has 8 nitrogen and oxygen atoms in total. The minimum atomic E-state index is -0.986. The molecule has 0 aliphatic carbocycles. The van der Waals surface area contributed by atoms with Gasteiger partial charge in [0.1, 0.15) is 23.4 Å². The number of hydrogen-bond donors (Lipinski definition) is 4. The molecule has 1 rings (SSSR count). The van der Waals surface area contributed by atoms with Crippen LogP contribution in [0.1, 0.15) is 98.6 Å². The zero-order chi connectivity index (χ0) is 28.2. The third kappa shape index (κ3) is 12.6. The summed E-state index contributed by atoms with van der Waals surface area (Å²) in [5, 5.41) is 15.4. The number of carbonyl (C=O) groups is 3. The molecule has 1 aromatic carbocycles. The Labute approximate surface area is 228 Å². The van der Waals surface area contributed by atoms with Crippen LogP contribution in [0.4, 0.5) is 4.79 Å². The number of benzene rings is 1. The Bertz CT molecular complexity index is 862. The van der Waals surface area contributed by atoms with Gasteiger partial charge in [0.05, 0.1) is 0 Å². The highest BCUT2D eigenvalue weighted by Gasteiger charge is 2.36. The topological polar surface area (TPSA) is 108 Å². The van der Waals surface area contributed by atoms with Crippen molar-refractivity contribution in [1.29, 1.82) is 0 Å². The molecule has 0 saturated carbocycles. The number of unbranched alkanes of at least 4 members (excludes halogenated alkanes) is 5. The van der Waals surface area contributed by atoms with Crippen molar-refractivity contribution in [3.63, 3.8) is 0 Å². The second-order valence-corrected chi connectivity index (χ2v) is 11.8. The van der Waals surface area contributed by atoms with Crippen molar-refractivity contribution in [2.45, 2.75) is 110 Å². The van der Waals surface area contributed by atoms with E-state index in [1.807, 2.05) is 20.8 Å². The average molecular weight is 538 g/mol. The van der Waals surface area contributed by atoms with Crippen molar-refractivity contribution in [2.24, 2.45) is 0 Å². The predicted octanol–water partition coefficient (Wildman–Crippen LogP) is 5.36. The molecule has 1 aromatic rings. The highest BCUT2D eigenvalue weighted by Crippen LogP contribution is 2.26. The van der Waals surface area contributed by atoms with Crippen molar-refractivity contribution in [3.05, 3.63) is 29.8 Å². The van der Waals surface area contributed by atoms with Crippen molar-refractivity contribution >= 4 is 30.5 Å². The summed E-state index contributed by atoms with van der Waals surface area (Å²) in [7, 11) is 0. The van der Waals surface area contributed by atoms with Crippen LogP contribution >= 0.6 is 12.6 Å². The van der Waals surface area contributed by atoms with Crippen LogP contribution in [0.25, 0.3) is 0 Å². The molecular weight excluding hydrogens is 490 g/mol. The number of nitrogens with zero attached hydrogens (tertiary/aromatic N) is 1. The summed E-state index contributed by atoms with van der Waals surface area (Å²) in [5.74, 6) is -0.662. The van der Waals surface area contributed by atoms with Crippen molar-refractivity contribution < 1.29 is 24.2 Å². The first-order chi connectivity index (χ1) is 17.2. The fourth-order valence-electron chi connectivity index (χ4n) is 3.83. The lowest BCUT2D eigenvalue weighted by molar-refractivity contribution is -0.142. The van der Waals surface area contributed by atoms with E-state index in [1.165, 1.54) is 17.0 Å². The van der Waals surface area contributed by atoms with Crippen LogP contribution in [0, 0.1) is 0 Å². The molecule has 0 saturated heterocycles. The number of aromatic hydroxyl groups is 1. The lowest BCUT2D eigenvalue weighted by atomic mass is 10.00. The molecule has 210 valence electrons. The Balaban J connectivity index is 3.34. The summed E-state index contributed by atoms with van der Waals surface area (Å²) >= 11 is 4.32. The minimum Gasteiger partial charge on any atom is -0.508 e. The van der Waals surface area contributed by atoms with Gasteiger partial charge >= 0.3 is 6.09 Å². The molecule has 2 atom stereocenters. The van der Waals surface area contributed by atoms with Gasteiger partial charge in [-0.2, -0.15) is 12.6 Å². The highest BCUT2D eigenvalue weighted by molar-refractivity contribution is 7.80. The summed E-state index contributed by atoms with van der Waals surface area (Å²) in [6, 6.07) is 4.33. The van der Waals surface area contributed by atoms with Gasteiger partial charge in [0.15, 0.2) is 0 Å². The number of alkyl carbamates (subject to hydrolysis) is 1. The molecule has 0 radical (unpaired) electrons. The summed E-state index contributed by atoms with van der Waals surface area (Å²) in [6.07, 6.45) is 5.36. The van der Waals surface area contributed by atoms with Crippen LogP contribution in [0.2, 0.25) is 0 Å².